The summed E-state index contributed by atoms with van der Waals surface area (Å²) in [5.74, 6) is -0.642. The van der Waals surface area contributed by atoms with Crippen molar-refractivity contribution >= 4 is 33.2 Å². The molecule has 5 nitrogen and oxygen atoms in total. The molecule has 0 saturated carbocycles. The molecule has 8 heteroatoms. The normalized spacial score (nSPS) is 11.2. The number of sulfonamides is 1. The molecule has 0 radical (unpaired) electrons. The second-order valence-corrected chi connectivity index (χ2v) is 8.13. The van der Waals surface area contributed by atoms with Crippen molar-refractivity contribution in [2.24, 2.45) is 0 Å². The molecule has 0 fully saturated rings. The highest BCUT2D eigenvalue weighted by Crippen LogP contribution is 2.21. The molecule has 0 aliphatic rings. The van der Waals surface area contributed by atoms with Crippen LogP contribution in [-0.2, 0) is 21.4 Å². The van der Waals surface area contributed by atoms with E-state index in [0.29, 0.717) is 22.7 Å². The standard InChI is InChI=1S/C18H20ClFN2O3S/c1-26(24,25)22(16-10-8-15(19)9-11-16)12-4-7-18(23)21-13-14-5-2-3-6-17(14)20/h2-3,5-6,8-11H,4,7,12-13H2,1H3,(H,21,23). The van der Waals surface area contributed by atoms with E-state index in [1.807, 2.05) is 0 Å². The Bertz CT molecular complexity index is 857. The Morgan fingerprint density at radius 1 is 1.15 bits per heavy atom. The van der Waals surface area contributed by atoms with Crippen LogP contribution in [0.15, 0.2) is 48.5 Å². The largest absolute Gasteiger partial charge is 0.352 e. The van der Waals surface area contributed by atoms with Gasteiger partial charge in [0.25, 0.3) is 0 Å². The summed E-state index contributed by atoms with van der Waals surface area (Å²) < 4.78 is 38.7. The lowest BCUT2D eigenvalue weighted by atomic mass is 10.2. The van der Waals surface area contributed by atoms with Crippen LogP contribution in [0.4, 0.5) is 10.1 Å². The van der Waals surface area contributed by atoms with Crippen molar-refractivity contribution in [3.8, 4) is 0 Å². The molecule has 2 aromatic rings. The number of amides is 1. The van der Waals surface area contributed by atoms with E-state index in [1.165, 1.54) is 10.4 Å². The van der Waals surface area contributed by atoms with Crippen molar-refractivity contribution in [3.63, 3.8) is 0 Å². The van der Waals surface area contributed by atoms with Gasteiger partial charge in [0.1, 0.15) is 5.82 Å². The zero-order valence-electron chi connectivity index (χ0n) is 14.3. The molecule has 0 aliphatic heterocycles. The predicted molar refractivity (Wildman–Crippen MR) is 101 cm³/mol. The van der Waals surface area contributed by atoms with Crippen LogP contribution in [0.1, 0.15) is 18.4 Å². The molecule has 0 bridgehead atoms. The maximum atomic E-state index is 13.5. The Labute approximate surface area is 157 Å². The van der Waals surface area contributed by atoms with Crippen LogP contribution >= 0.6 is 11.6 Å². The van der Waals surface area contributed by atoms with Gasteiger partial charge in [-0.15, -0.1) is 0 Å². The fourth-order valence-electron chi connectivity index (χ4n) is 2.40. The number of hydrogen-bond donors (Lipinski definition) is 1. The maximum absolute atomic E-state index is 13.5. The zero-order chi connectivity index (χ0) is 19.2. The first-order valence-corrected chi connectivity index (χ1v) is 10.2. The van der Waals surface area contributed by atoms with Crippen LogP contribution in [0.3, 0.4) is 0 Å². The molecular weight excluding hydrogens is 379 g/mol. The maximum Gasteiger partial charge on any atom is 0.232 e. The minimum absolute atomic E-state index is 0.0957. The van der Waals surface area contributed by atoms with Gasteiger partial charge in [0.2, 0.25) is 15.9 Å². The van der Waals surface area contributed by atoms with Crippen molar-refractivity contribution in [3.05, 3.63) is 64.9 Å². The molecule has 1 N–H and O–H groups in total. The van der Waals surface area contributed by atoms with Crippen molar-refractivity contribution in [2.45, 2.75) is 19.4 Å². The molecule has 0 aliphatic carbocycles. The lowest BCUT2D eigenvalue weighted by Gasteiger charge is -2.22. The average molecular weight is 399 g/mol. The van der Waals surface area contributed by atoms with E-state index in [-0.39, 0.29) is 31.2 Å². The van der Waals surface area contributed by atoms with Gasteiger partial charge in [-0.3, -0.25) is 9.10 Å². The third-order valence-electron chi connectivity index (χ3n) is 3.71. The summed E-state index contributed by atoms with van der Waals surface area (Å²) in [7, 11) is -3.48. The number of benzene rings is 2. The number of anilines is 1. The van der Waals surface area contributed by atoms with E-state index in [0.717, 1.165) is 6.26 Å². The van der Waals surface area contributed by atoms with E-state index in [9.17, 15) is 17.6 Å². The van der Waals surface area contributed by atoms with Gasteiger partial charge in [0.15, 0.2) is 0 Å². The summed E-state index contributed by atoms with van der Waals surface area (Å²) in [5, 5.41) is 3.14. The van der Waals surface area contributed by atoms with Crippen molar-refractivity contribution in [2.75, 3.05) is 17.1 Å². The van der Waals surface area contributed by atoms with Gasteiger partial charge < -0.3 is 5.32 Å². The Balaban J connectivity index is 1.88. The molecule has 0 heterocycles. The Kier molecular flexibility index (Phi) is 6.99. The molecular formula is C18H20ClFN2O3S. The number of nitrogens with zero attached hydrogens (tertiary/aromatic N) is 1. The minimum Gasteiger partial charge on any atom is -0.352 e. The lowest BCUT2D eigenvalue weighted by molar-refractivity contribution is -0.121. The number of hydrogen-bond acceptors (Lipinski definition) is 3. The summed E-state index contributed by atoms with van der Waals surface area (Å²) in [4.78, 5) is 11.9. The number of carbonyl (C=O) groups is 1. The number of carbonyl (C=O) groups excluding carboxylic acids is 1. The Hall–Kier alpha value is -2.12. The fourth-order valence-corrected chi connectivity index (χ4v) is 3.49. The van der Waals surface area contributed by atoms with Gasteiger partial charge in [-0.2, -0.15) is 0 Å². The second-order valence-electron chi connectivity index (χ2n) is 5.78. The van der Waals surface area contributed by atoms with Gasteiger partial charge in [-0.05, 0) is 36.8 Å². The summed E-state index contributed by atoms with van der Waals surface area (Å²) in [6, 6.07) is 12.6. The van der Waals surface area contributed by atoms with Gasteiger partial charge in [-0.1, -0.05) is 29.8 Å². The van der Waals surface area contributed by atoms with Crippen LogP contribution in [0.5, 0.6) is 0 Å². The van der Waals surface area contributed by atoms with Crippen molar-refractivity contribution in [1.29, 1.82) is 0 Å². The van der Waals surface area contributed by atoms with Crippen LogP contribution in [0, 0.1) is 5.82 Å². The highest BCUT2D eigenvalue weighted by atomic mass is 35.5. The first-order chi connectivity index (χ1) is 12.3. The predicted octanol–water partition coefficient (Wildman–Crippen LogP) is 3.34. The summed E-state index contributed by atoms with van der Waals surface area (Å²) in [5.41, 5.74) is 0.892. The fraction of sp³-hybridized carbons (Fsp3) is 0.278. The van der Waals surface area contributed by atoms with E-state index in [1.54, 1.807) is 42.5 Å². The molecule has 1 amide bonds. The average Bonchev–Trinajstić information content (AvgIpc) is 2.58. The third-order valence-corrected chi connectivity index (χ3v) is 5.16. The van der Waals surface area contributed by atoms with Gasteiger partial charge >= 0.3 is 0 Å². The SMILES string of the molecule is CS(=O)(=O)N(CCCC(=O)NCc1ccccc1F)c1ccc(Cl)cc1. The molecule has 2 rings (SSSR count). The lowest BCUT2D eigenvalue weighted by Crippen LogP contribution is -2.32. The Morgan fingerprint density at radius 2 is 1.81 bits per heavy atom. The van der Waals surface area contributed by atoms with E-state index >= 15 is 0 Å². The quantitative estimate of drug-likeness (QED) is 0.741. The number of nitrogens with one attached hydrogen (secondary N) is 1. The monoisotopic (exact) mass is 398 g/mol. The molecule has 0 aromatic heterocycles. The van der Waals surface area contributed by atoms with E-state index in [2.05, 4.69) is 5.32 Å². The van der Waals surface area contributed by atoms with E-state index < -0.39 is 10.0 Å². The molecule has 0 unspecified atom stereocenters. The summed E-state index contributed by atoms with van der Waals surface area (Å²) >= 11 is 5.83. The third kappa shape index (κ3) is 6.00. The summed E-state index contributed by atoms with van der Waals surface area (Å²) in [6.07, 6.45) is 1.58. The highest BCUT2D eigenvalue weighted by Gasteiger charge is 2.17. The zero-order valence-corrected chi connectivity index (χ0v) is 15.9. The summed E-state index contributed by atoms with van der Waals surface area (Å²) in [6.45, 7) is 0.256. The highest BCUT2D eigenvalue weighted by molar-refractivity contribution is 7.92. The molecule has 0 spiro atoms. The van der Waals surface area contributed by atoms with E-state index in [4.69, 9.17) is 11.6 Å². The Morgan fingerprint density at radius 3 is 2.42 bits per heavy atom. The van der Waals surface area contributed by atoms with Crippen molar-refractivity contribution in [1.82, 2.24) is 5.32 Å². The molecule has 0 saturated heterocycles. The number of rotatable bonds is 8. The van der Waals surface area contributed by atoms with Crippen LogP contribution in [0.25, 0.3) is 0 Å². The minimum atomic E-state index is -3.48. The molecule has 0 atom stereocenters. The second kappa shape index (κ2) is 9.00. The van der Waals surface area contributed by atoms with Crippen molar-refractivity contribution < 1.29 is 17.6 Å². The first kappa shape index (κ1) is 20.2. The number of halogens is 2. The van der Waals surface area contributed by atoms with Crippen LogP contribution in [0.2, 0.25) is 5.02 Å². The van der Waals surface area contributed by atoms with Crippen LogP contribution < -0.4 is 9.62 Å². The van der Waals surface area contributed by atoms with Gasteiger partial charge in [0, 0.05) is 30.1 Å². The smallest absolute Gasteiger partial charge is 0.232 e. The molecule has 26 heavy (non-hydrogen) atoms. The molecule has 2 aromatic carbocycles. The molecule has 140 valence electrons. The first-order valence-electron chi connectivity index (χ1n) is 8.01. The van der Waals surface area contributed by atoms with Crippen LogP contribution in [-0.4, -0.2) is 27.1 Å². The van der Waals surface area contributed by atoms with Gasteiger partial charge in [-0.25, -0.2) is 12.8 Å². The van der Waals surface area contributed by atoms with Gasteiger partial charge in [0.05, 0.1) is 11.9 Å². The topological polar surface area (TPSA) is 66.5 Å².